The van der Waals surface area contributed by atoms with Gasteiger partial charge in [0.15, 0.2) is 6.10 Å². The minimum Gasteiger partial charge on any atom is -0.462 e. The monoisotopic (exact) mass is 779 g/mol. The van der Waals surface area contributed by atoms with Crippen LogP contribution in [0.5, 0.6) is 0 Å². The van der Waals surface area contributed by atoms with E-state index >= 15 is 0 Å². The van der Waals surface area contributed by atoms with E-state index in [0.717, 1.165) is 75.5 Å². The highest BCUT2D eigenvalue weighted by Crippen LogP contribution is 2.17. The van der Waals surface area contributed by atoms with Crippen LogP contribution >= 0.6 is 0 Å². The lowest BCUT2D eigenvalue weighted by molar-refractivity contribution is -0.167. The number of rotatable bonds is 42. The Bertz CT molecular complexity index is 854. The molecule has 0 radical (unpaired) electrons. The van der Waals surface area contributed by atoms with Crippen LogP contribution in [0, 0.1) is 17.8 Å². The Labute approximate surface area is 342 Å². The normalized spacial score (nSPS) is 12.7. The van der Waals surface area contributed by atoms with E-state index in [9.17, 15) is 14.4 Å². The van der Waals surface area contributed by atoms with Gasteiger partial charge in [0.2, 0.25) is 0 Å². The number of hydrogen-bond acceptors (Lipinski definition) is 6. The second-order valence-corrected chi connectivity index (χ2v) is 17.9. The van der Waals surface area contributed by atoms with E-state index in [4.69, 9.17) is 14.2 Å². The molecular weight excluding hydrogens is 685 g/mol. The van der Waals surface area contributed by atoms with Crippen molar-refractivity contribution in [1.29, 1.82) is 0 Å². The van der Waals surface area contributed by atoms with Crippen molar-refractivity contribution in [3.8, 4) is 0 Å². The molecule has 0 aliphatic heterocycles. The van der Waals surface area contributed by atoms with Crippen molar-refractivity contribution < 1.29 is 28.6 Å². The maximum Gasteiger partial charge on any atom is 0.306 e. The van der Waals surface area contributed by atoms with Crippen molar-refractivity contribution in [3.05, 3.63) is 0 Å². The van der Waals surface area contributed by atoms with E-state index < -0.39 is 6.10 Å². The number of esters is 3. The van der Waals surface area contributed by atoms with Crippen molar-refractivity contribution in [2.24, 2.45) is 17.8 Å². The van der Waals surface area contributed by atoms with E-state index in [-0.39, 0.29) is 31.1 Å². The first-order valence-electron chi connectivity index (χ1n) is 24.1. The Morgan fingerprint density at radius 3 is 0.945 bits per heavy atom. The van der Waals surface area contributed by atoms with Gasteiger partial charge in [0, 0.05) is 19.3 Å². The second-order valence-electron chi connectivity index (χ2n) is 17.9. The molecule has 0 aliphatic rings. The van der Waals surface area contributed by atoms with Gasteiger partial charge >= 0.3 is 17.9 Å². The summed E-state index contributed by atoms with van der Waals surface area (Å²) in [6, 6.07) is 0. The first-order valence-corrected chi connectivity index (χ1v) is 24.1. The molecule has 0 aromatic heterocycles. The Balaban J connectivity index is 4.27. The molecular formula is C49H94O6. The van der Waals surface area contributed by atoms with Crippen LogP contribution in [0.4, 0.5) is 0 Å². The molecule has 0 saturated carbocycles. The Morgan fingerprint density at radius 1 is 0.364 bits per heavy atom. The molecule has 0 heterocycles. The predicted octanol–water partition coefficient (Wildman–Crippen LogP) is 15.2. The van der Waals surface area contributed by atoms with Gasteiger partial charge in [0.1, 0.15) is 13.2 Å². The molecule has 0 aromatic carbocycles. The van der Waals surface area contributed by atoms with Gasteiger partial charge in [0.05, 0.1) is 0 Å². The largest absolute Gasteiger partial charge is 0.462 e. The van der Waals surface area contributed by atoms with Crippen LogP contribution in [0.2, 0.25) is 0 Å². The van der Waals surface area contributed by atoms with Gasteiger partial charge in [-0.05, 0) is 37.0 Å². The van der Waals surface area contributed by atoms with Crippen LogP contribution in [-0.2, 0) is 28.6 Å². The minimum atomic E-state index is -0.762. The Hall–Kier alpha value is -1.59. The molecule has 0 spiro atoms. The van der Waals surface area contributed by atoms with Crippen molar-refractivity contribution in [2.75, 3.05) is 13.2 Å². The smallest absolute Gasteiger partial charge is 0.306 e. The molecule has 0 saturated heterocycles. The highest BCUT2D eigenvalue weighted by atomic mass is 16.6. The Morgan fingerprint density at radius 2 is 0.636 bits per heavy atom. The fraction of sp³-hybridized carbons (Fsp3) is 0.939. The van der Waals surface area contributed by atoms with Crippen LogP contribution in [0.3, 0.4) is 0 Å². The minimum absolute atomic E-state index is 0.0665. The quantitative estimate of drug-likeness (QED) is 0.0349. The summed E-state index contributed by atoms with van der Waals surface area (Å²) in [6.45, 7) is 13.6. The molecule has 0 amide bonds. The van der Waals surface area contributed by atoms with E-state index in [1.807, 2.05) is 0 Å². The first-order chi connectivity index (χ1) is 26.6. The lowest BCUT2D eigenvalue weighted by atomic mass is 10.00. The average Bonchev–Trinajstić information content (AvgIpc) is 3.15. The summed E-state index contributed by atoms with van der Waals surface area (Å²) in [5.74, 6) is 1.57. The summed E-state index contributed by atoms with van der Waals surface area (Å²) in [7, 11) is 0. The number of carbonyl (C=O) groups is 3. The third-order valence-electron chi connectivity index (χ3n) is 11.3. The van der Waals surface area contributed by atoms with Crippen LogP contribution in [0.1, 0.15) is 260 Å². The molecule has 0 rings (SSSR count). The van der Waals surface area contributed by atoms with E-state index in [0.29, 0.717) is 19.3 Å². The van der Waals surface area contributed by atoms with Crippen LogP contribution in [0.25, 0.3) is 0 Å². The average molecular weight is 779 g/mol. The zero-order valence-corrected chi connectivity index (χ0v) is 37.7. The van der Waals surface area contributed by atoms with Gasteiger partial charge in [-0.1, -0.05) is 221 Å². The topological polar surface area (TPSA) is 78.9 Å². The number of hydrogen-bond donors (Lipinski definition) is 0. The summed E-state index contributed by atoms with van der Waals surface area (Å²) >= 11 is 0. The molecule has 2 atom stereocenters. The fourth-order valence-electron chi connectivity index (χ4n) is 7.20. The highest BCUT2D eigenvalue weighted by molar-refractivity contribution is 5.71. The summed E-state index contributed by atoms with van der Waals surface area (Å²) in [5, 5.41) is 0. The van der Waals surface area contributed by atoms with E-state index in [2.05, 4.69) is 41.5 Å². The predicted molar refractivity (Wildman–Crippen MR) is 233 cm³/mol. The number of unbranched alkanes of at least 4 members (excludes halogenated alkanes) is 24. The van der Waals surface area contributed by atoms with E-state index in [1.165, 1.54) is 141 Å². The van der Waals surface area contributed by atoms with E-state index in [1.54, 1.807) is 0 Å². The molecule has 0 fully saturated rings. The maximum atomic E-state index is 12.7. The SMILES string of the molecule is CCC(C)CCCCCCCCC(=O)O[C@@H](COC(=O)CCCCCCCCCCCCCCCCC(C)C)COC(=O)CCCCCCCCCC(C)C. The molecule has 0 bridgehead atoms. The van der Waals surface area contributed by atoms with Gasteiger partial charge in [-0.15, -0.1) is 0 Å². The van der Waals surface area contributed by atoms with Crippen molar-refractivity contribution in [1.82, 2.24) is 0 Å². The third kappa shape index (κ3) is 41.9. The van der Waals surface area contributed by atoms with Gasteiger partial charge in [-0.25, -0.2) is 0 Å². The zero-order valence-electron chi connectivity index (χ0n) is 37.7. The lowest BCUT2D eigenvalue weighted by Crippen LogP contribution is -2.30. The molecule has 6 heteroatoms. The van der Waals surface area contributed by atoms with Crippen LogP contribution in [0.15, 0.2) is 0 Å². The molecule has 326 valence electrons. The van der Waals surface area contributed by atoms with Gasteiger partial charge in [0.25, 0.3) is 0 Å². The molecule has 55 heavy (non-hydrogen) atoms. The van der Waals surface area contributed by atoms with Crippen molar-refractivity contribution in [2.45, 2.75) is 266 Å². The molecule has 0 aromatic rings. The highest BCUT2D eigenvalue weighted by Gasteiger charge is 2.19. The summed E-state index contributed by atoms with van der Waals surface area (Å²) in [5.41, 5.74) is 0. The Kier molecular flexibility index (Phi) is 39.4. The van der Waals surface area contributed by atoms with Gasteiger partial charge < -0.3 is 14.2 Å². The van der Waals surface area contributed by atoms with Crippen molar-refractivity contribution in [3.63, 3.8) is 0 Å². The maximum absolute atomic E-state index is 12.7. The van der Waals surface area contributed by atoms with Gasteiger partial charge in [-0.2, -0.15) is 0 Å². The first kappa shape index (κ1) is 53.4. The standard InChI is InChI=1S/C49H94O6/c1-7-45(6)37-31-25-21-22-28-34-40-49(52)55-46(42-54-48(51)39-33-27-20-16-18-24-30-36-44(4)5)41-53-47(50)38-32-26-19-15-13-11-9-8-10-12-14-17-23-29-35-43(2)3/h43-46H,7-42H2,1-6H3/t45?,46-/m0/s1. The summed E-state index contributed by atoms with van der Waals surface area (Å²) in [4.78, 5) is 37.7. The fourth-order valence-corrected chi connectivity index (χ4v) is 7.20. The second kappa shape index (κ2) is 40.6. The van der Waals surface area contributed by atoms with Gasteiger partial charge in [-0.3, -0.25) is 14.4 Å². The van der Waals surface area contributed by atoms with Crippen LogP contribution < -0.4 is 0 Å². The number of carbonyl (C=O) groups excluding carboxylic acids is 3. The molecule has 0 aliphatic carbocycles. The molecule has 6 nitrogen and oxygen atoms in total. The zero-order chi connectivity index (χ0) is 40.6. The summed E-state index contributed by atoms with van der Waals surface area (Å²) < 4.78 is 16.7. The molecule has 0 N–H and O–H groups in total. The number of ether oxygens (including phenoxy) is 3. The summed E-state index contributed by atoms with van der Waals surface area (Å²) in [6.07, 6.45) is 38.2. The van der Waals surface area contributed by atoms with Crippen LogP contribution in [-0.4, -0.2) is 37.2 Å². The molecule has 1 unspecified atom stereocenters. The lowest BCUT2D eigenvalue weighted by Gasteiger charge is -2.18. The van der Waals surface area contributed by atoms with Crippen molar-refractivity contribution >= 4 is 17.9 Å². The third-order valence-corrected chi connectivity index (χ3v) is 11.3.